The van der Waals surface area contributed by atoms with Gasteiger partial charge in [0.05, 0.1) is 22.7 Å². The summed E-state index contributed by atoms with van der Waals surface area (Å²) >= 11 is 7.55. The molecule has 0 spiro atoms. The molecule has 5 nitrogen and oxygen atoms in total. The number of aromatic nitrogens is 2. The maximum Gasteiger partial charge on any atom is 0.349 e. The van der Waals surface area contributed by atoms with Crippen molar-refractivity contribution in [1.29, 1.82) is 0 Å². The smallest absolute Gasteiger partial charge is 0.349 e. The van der Waals surface area contributed by atoms with Crippen LogP contribution >= 0.6 is 23.4 Å². The van der Waals surface area contributed by atoms with Crippen molar-refractivity contribution < 1.29 is 14.3 Å². The number of ether oxygens (including phenoxy) is 2. The highest BCUT2D eigenvalue weighted by Crippen LogP contribution is 2.41. The monoisotopic (exact) mass is 494 g/mol. The first-order chi connectivity index (χ1) is 16.2. The molecule has 0 unspecified atom stereocenters. The number of hydrogen-bond acceptors (Lipinski definition) is 5. The van der Waals surface area contributed by atoms with Crippen molar-refractivity contribution in [3.63, 3.8) is 0 Å². The Morgan fingerprint density at radius 1 is 1.06 bits per heavy atom. The molecule has 0 amide bonds. The van der Waals surface area contributed by atoms with Crippen LogP contribution in [0.5, 0.6) is 11.6 Å². The summed E-state index contributed by atoms with van der Waals surface area (Å²) in [6, 6.07) is 19.0. The van der Waals surface area contributed by atoms with Crippen molar-refractivity contribution in [1.82, 2.24) is 9.78 Å². The molecular formula is C27H27ClN2O3S. The van der Waals surface area contributed by atoms with E-state index in [1.165, 1.54) is 11.8 Å². The van der Waals surface area contributed by atoms with Gasteiger partial charge in [-0.3, -0.25) is 0 Å². The third-order valence-corrected chi connectivity index (χ3v) is 6.65. The molecule has 0 saturated heterocycles. The van der Waals surface area contributed by atoms with Crippen molar-refractivity contribution in [3.8, 4) is 11.6 Å². The van der Waals surface area contributed by atoms with Crippen LogP contribution in [-0.4, -0.2) is 22.4 Å². The Bertz CT molecular complexity index is 1340. The van der Waals surface area contributed by atoms with Crippen molar-refractivity contribution in [2.75, 3.05) is 6.61 Å². The van der Waals surface area contributed by atoms with Crippen LogP contribution in [-0.2, 0) is 5.54 Å². The minimum Gasteiger partial charge on any atom is -0.493 e. The van der Waals surface area contributed by atoms with Gasteiger partial charge in [0.25, 0.3) is 0 Å². The van der Waals surface area contributed by atoms with Gasteiger partial charge in [-0.1, -0.05) is 53.7 Å². The molecule has 4 rings (SSSR count). The fourth-order valence-electron chi connectivity index (χ4n) is 3.65. The summed E-state index contributed by atoms with van der Waals surface area (Å²) in [7, 11) is 0. The highest BCUT2D eigenvalue weighted by Gasteiger charge is 2.29. The second-order valence-electron chi connectivity index (χ2n) is 8.84. The number of fused-ring (bicyclic) bond motifs is 1. The molecule has 7 heteroatoms. The van der Waals surface area contributed by atoms with E-state index >= 15 is 0 Å². The van der Waals surface area contributed by atoms with Crippen molar-refractivity contribution in [2.45, 2.75) is 49.9 Å². The van der Waals surface area contributed by atoms with Gasteiger partial charge < -0.3 is 9.47 Å². The van der Waals surface area contributed by atoms with Crippen molar-refractivity contribution in [2.24, 2.45) is 0 Å². The first kappa shape index (κ1) is 24.2. The lowest BCUT2D eigenvalue weighted by atomic mass is 10.0. The molecule has 0 fully saturated rings. The lowest BCUT2D eigenvalue weighted by molar-refractivity contribution is 0.0702. The van der Waals surface area contributed by atoms with E-state index in [0.29, 0.717) is 28.8 Å². The van der Waals surface area contributed by atoms with Gasteiger partial charge in [0, 0.05) is 9.92 Å². The highest BCUT2D eigenvalue weighted by molar-refractivity contribution is 7.99. The van der Waals surface area contributed by atoms with Gasteiger partial charge in [-0.05, 0) is 75.7 Å². The van der Waals surface area contributed by atoms with Crippen LogP contribution in [0.3, 0.4) is 0 Å². The third-order valence-electron chi connectivity index (χ3n) is 5.22. The molecule has 4 aromatic rings. The van der Waals surface area contributed by atoms with Crippen LogP contribution in [0, 0.1) is 6.92 Å². The predicted molar refractivity (Wildman–Crippen MR) is 138 cm³/mol. The Labute approximate surface area is 209 Å². The summed E-state index contributed by atoms with van der Waals surface area (Å²) in [4.78, 5) is 15.4. The van der Waals surface area contributed by atoms with Crippen molar-refractivity contribution >= 4 is 40.1 Å². The molecule has 176 valence electrons. The molecule has 0 atom stereocenters. The summed E-state index contributed by atoms with van der Waals surface area (Å²) < 4.78 is 13.7. The van der Waals surface area contributed by atoms with E-state index in [1.807, 2.05) is 95.3 Å². The van der Waals surface area contributed by atoms with E-state index in [0.717, 1.165) is 26.3 Å². The van der Waals surface area contributed by atoms with E-state index < -0.39 is 11.5 Å². The standard InChI is InChI=1S/C27H27ClN2O3S/c1-6-32-22-16-11-18-9-7-8-10-21(18)23(22)26(31)33-25-24(17(2)29-30(25)27(3,4)5)34-20-14-12-19(28)13-15-20/h7-16H,6H2,1-5H3. The number of aryl methyl sites for hydroxylation is 1. The number of rotatable bonds is 6. The molecule has 1 heterocycles. The van der Waals surface area contributed by atoms with E-state index in [4.69, 9.17) is 26.2 Å². The van der Waals surface area contributed by atoms with E-state index in [9.17, 15) is 4.79 Å². The van der Waals surface area contributed by atoms with E-state index in [2.05, 4.69) is 0 Å². The van der Waals surface area contributed by atoms with Gasteiger partial charge >= 0.3 is 5.97 Å². The predicted octanol–water partition coefficient (Wildman–Crippen LogP) is 7.52. The average Bonchev–Trinajstić information content (AvgIpc) is 3.10. The van der Waals surface area contributed by atoms with Gasteiger partial charge in [0.2, 0.25) is 5.88 Å². The molecular weight excluding hydrogens is 468 g/mol. The normalized spacial score (nSPS) is 11.6. The van der Waals surface area contributed by atoms with Gasteiger partial charge in [-0.2, -0.15) is 5.10 Å². The van der Waals surface area contributed by atoms with E-state index in [-0.39, 0.29) is 0 Å². The Balaban J connectivity index is 1.81. The van der Waals surface area contributed by atoms with Crippen LogP contribution in [0.2, 0.25) is 5.02 Å². The van der Waals surface area contributed by atoms with Crippen LogP contribution in [0.4, 0.5) is 0 Å². The molecule has 34 heavy (non-hydrogen) atoms. The molecule has 0 bridgehead atoms. The zero-order chi connectivity index (χ0) is 24.5. The molecule has 0 saturated carbocycles. The SMILES string of the molecule is CCOc1ccc2ccccc2c1C(=O)Oc1c(Sc2ccc(Cl)cc2)c(C)nn1C(C)(C)C. The Hall–Kier alpha value is -2.96. The molecule has 0 aliphatic rings. The molecule has 0 N–H and O–H groups in total. The number of esters is 1. The Morgan fingerprint density at radius 2 is 1.76 bits per heavy atom. The molecule has 0 aliphatic heterocycles. The Kier molecular flexibility index (Phi) is 6.91. The number of carbonyl (C=O) groups is 1. The maximum absolute atomic E-state index is 13.7. The number of carbonyl (C=O) groups excluding carboxylic acids is 1. The molecule has 0 radical (unpaired) electrons. The molecule has 0 aliphatic carbocycles. The summed E-state index contributed by atoms with van der Waals surface area (Å²) in [5.41, 5.74) is 0.781. The lowest BCUT2D eigenvalue weighted by Gasteiger charge is -2.22. The molecule has 3 aromatic carbocycles. The average molecular weight is 495 g/mol. The first-order valence-electron chi connectivity index (χ1n) is 11.1. The topological polar surface area (TPSA) is 53.4 Å². The van der Waals surface area contributed by atoms with Crippen LogP contribution in [0.25, 0.3) is 10.8 Å². The minimum atomic E-state index is -0.483. The van der Waals surface area contributed by atoms with Gasteiger partial charge in [0.15, 0.2) is 0 Å². The summed E-state index contributed by atoms with van der Waals surface area (Å²) in [6.45, 7) is 10.3. The van der Waals surface area contributed by atoms with Gasteiger partial charge in [-0.25, -0.2) is 9.48 Å². The second-order valence-corrected chi connectivity index (χ2v) is 10.4. The van der Waals surface area contributed by atoms with Crippen LogP contribution < -0.4 is 9.47 Å². The number of benzene rings is 3. The minimum absolute atomic E-state index is 0.402. The largest absolute Gasteiger partial charge is 0.493 e. The second kappa shape index (κ2) is 9.72. The van der Waals surface area contributed by atoms with Crippen LogP contribution in [0.1, 0.15) is 43.7 Å². The van der Waals surface area contributed by atoms with Gasteiger partial charge in [-0.15, -0.1) is 0 Å². The summed E-state index contributed by atoms with van der Waals surface area (Å²) in [6.07, 6.45) is 0. The third kappa shape index (κ3) is 4.93. The fraction of sp³-hybridized carbons (Fsp3) is 0.259. The summed E-state index contributed by atoms with van der Waals surface area (Å²) in [5.74, 6) is 0.422. The van der Waals surface area contributed by atoms with Crippen LogP contribution in [0.15, 0.2) is 70.5 Å². The van der Waals surface area contributed by atoms with Gasteiger partial charge in [0.1, 0.15) is 11.3 Å². The zero-order valence-electron chi connectivity index (χ0n) is 19.9. The first-order valence-corrected chi connectivity index (χ1v) is 12.3. The fourth-order valence-corrected chi connectivity index (χ4v) is 4.69. The quantitative estimate of drug-likeness (QED) is 0.259. The highest BCUT2D eigenvalue weighted by atomic mass is 35.5. The molecule has 1 aromatic heterocycles. The van der Waals surface area contributed by atoms with E-state index in [1.54, 1.807) is 4.68 Å². The Morgan fingerprint density at radius 3 is 2.44 bits per heavy atom. The summed E-state index contributed by atoms with van der Waals surface area (Å²) in [5, 5.41) is 7.11. The number of hydrogen-bond donors (Lipinski definition) is 0. The zero-order valence-corrected chi connectivity index (χ0v) is 21.5. The number of nitrogens with zero attached hydrogens (tertiary/aromatic N) is 2. The lowest BCUT2D eigenvalue weighted by Crippen LogP contribution is -2.25. The number of halogens is 1. The maximum atomic E-state index is 13.7. The van der Waals surface area contributed by atoms with Crippen molar-refractivity contribution in [3.05, 3.63) is 76.9 Å².